The van der Waals surface area contributed by atoms with Gasteiger partial charge in [-0.1, -0.05) is 11.6 Å². The highest BCUT2D eigenvalue weighted by atomic mass is 35.5. The number of hydrogen-bond donors (Lipinski definition) is 1. The maximum atomic E-state index is 14.1. The monoisotopic (exact) mass is 467 g/mol. The number of sulfone groups is 1. The van der Waals surface area contributed by atoms with Crippen molar-refractivity contribution >= 4 is 56.3 Å². The van der Waals surface area contributed by atoms with E-state index in [0.29, 0.717) is 35.4 Å². The molecule has 3 atom stereocenters. The predicted octanol–water partition coefficient (Wildman–Crippen LogP) is 4.33. The first kappa shape index (κ1) is 21.7. The van der Waals surface area contributed by atoms with Crippen molar-refractivity contribution < 1.29 is 22.7 Å². The van der Waals surface area contributed by atoms with Crippen molar-refractivity contribution in [1.29, 1.82) is 0 Å². The third-order valence-electron chi connectivity index (χ3n) is 5.16. The van der Waals surface area contributed by atoms with Crippen LogP contribution in [0, 0.1) is 12.7 Å². The summed E-state index contributed by atoms with van der Waals surface area (Å²) in [5.41, 5.74) is 1.86. The minimum absolute atomic E-state index is 0.0621. The highest BCUT2D eigenvalue weighted by Gasteiger charge is 2.35. The molecule has 154 valence electrons. The molecule has 2 aromatic rings. The van der Waals surface area contributed by atoms with Crippen LogP contribution in [0.5, 0.6) is 0 Å². The molecule has 2 heterocycles. The van der Waals surface area contributed by atoms with Crippen LogP contribution in [0.3, 0.4) is 0 Å². The number of carbonyl (C=O) groups is 1. The zero-order valence-corrected chi connectivity index (χ0v) is 18.4. The molecule has 0 aliphatic heterocycles. The Balaban J connectivity index is 1.98. The molecule has 1 aliphatic rings. The van der Waals surface area contributed by atoms with E-state index in [1.165, 1.54) is 30.3 Å². The van der Waals surface area contributed by atoms with Crippen LogP contribution in [0.1, 0.15) is 30.4 Å². The molecule has 1 saturated carbocycles. The number of carboxylic acids is 1. The number of fused-ring (bicyclic) bond motifs is 1. The standard InChI is InChI=1S/C18H20Cl2FNO4S2/c1-9-11(6-17(23)24)15-7-12(19)14(21)8-22(15)18(9)27-16-4-3-10(5-13(16)20)28(2,25)26/h7-8,10,13,16H,3-6H2,1-2H3,(H,23,24)/t10-,13-,16?/m1/s1. The topological polar surface area (TPSA) is 75.8 Å². The molecule has 1 N–H and O–H groups in total. The Kier molecular flexibility index (Phi) is 6.25. The first-order chi connectivity index (χ1) is 13.0. The Hall–Kier alpha value is -0.960. The molecule has 0 amide bonds. The zero-order chi connectivity index (χ0) is 20.8. The molecule has 0 saturated heterocycles. The molecule has 2 aromatic heterocycles. The number of rotatable bonds is 5. The maximum Gasteiger partial charge on any atom is 0.307 e. The third kappa shape index (κ3) is 4.30. The average Bonchev–Trinajstić information content (AvgIpc) is 2.81. The fraction of sp³-hybridized carbons (Fsp3) is 0.500. The summed E-state index contributed by atoms with van der Waals surface area (Å²) in [6.07, 6.45) is 3.76. The Morgan fingerprint density at radius 1 is 1.43 bits per heavy atom. The largest absolute Gasteiger partial charge is 0.481 e. The van der Waals surface area contributed by atoms with Crippen LogP contribution >= 0.6 is 35.0 Å². The second kappa shape index (κ2) is 8.05. The van der Waals surface area contributed by atoms with Gasteiger partial charge in [-0.05, 0) is 43.4 Å². The summed E-state index contributed by atoms with van der Waals surface area (Å²) in [7, 11) is -3.15. The van der Waals surface area contributed by atoms with E-state index in [2.05, 4.69) is 0 Å². The van der Waals surface area contributed by atoms with Gasteiger partial charge in [0.15, 0.2) is 5.82 Å². The van der Waals surface area contributed by atoms with Crippen LogP contribution in [0.4, 0.5) is 4.39 Å². The molecule has 0 radical (unpaired) electrons. The molecule has 0 bridgehead atoms. The lowest BCUT2D eigenvalue weighted by molar-refractivity contribution is -0.136. The van der Waals surface area contributed by atoms with Gasteiger partial charge in [0.05, 0.1) is 27.2 Å². The molecule has 1 aliphatic carbocycles. The molecular formula is C18H20Cl2FNO4S2. The predicted molar refractivity (Wildman–Crippen MR) is 110 cm³/mol. The molecule has 3 rings (SSSR count). The van der Waals surface area contributed by atoms with Crippen LogP contribution in [0.15, 0.2) is 17.3 Å². The van der Waals surface area contributed by atoms with Crippen molar-refractivity contribution in [2.75, 3.05) is 6.26 Å². The number of alkyl halides is 1. The van der Waals surface area contributed by atoms with Gasteiger partial charge in [-0.3, -0.25) is 4.79 Å². The van der Waals surface area contributed by atoms with E-state index in [1.54, 1.807) is 11.3 Å². The van der Waals surface area contributed by atoms with Gasteiger partial charge in [0.1, 0.15) is 9.84 Å². The first-order valence-corrected chi connectivity index (χ1v) is 12.3. The second-order valence-electron chi connectivity index (χ2n) is 7.14. The number of nitrogens with zero attached hydrogens (tertiary/aromatic N) is 1. The van der Waals surface area contributed by atoms with E-state index in [1.807, 2.05) is 0 Å². The zero-order valence-electron chi connectivity index (χ0n) is 15.3. The van der Waals surface area contributed by atoms with Gasteiger partial charge in [0, 0.05) is 23.1 Å². The van der Waals surface area contributed by atoms with E-state index in [9.17, 15) is 22.7 Å². The van der Waals surface area contributed by atoms with Crippen LogP contribution in [0.2, 0.25) is 5.02 Å². The van der Waals surface area contributed by atoms with Gasteiger partial charge in [-0.25, -0.2) is 12.8 Å². The SMILES string of the molecule is Cc1c(CC(=O)O)c2cc(Cl)c(F)cn2c1SC1CC[C@@H](S(C)(=O)=O)C[C@H]1Cl. The lowest BCUT2D eigenvalue weighted by Gasteiger charge is -2.31. The average molecular weight is 468 g/mol. The number of aliphatic carboxylic acids is 1. The van der Waals surface area contributed by atoms with E-state index < -0.39 is 26.9 Å². The van der Waals surface area contributed by atoms with Gasteiger partial charge in [-0.15, -0.1) is 23.4 Å². The Labute approximate surface area is 177 Å². The first-order valence-electron chi connectivity index (χ1n) is 8.69. The summed E-state index contributed by atoms with van der Waals surface area (Å²) in [5, 5.41) is 9.02. The molecule has 1 fully saturated rings. The van der Waals surface area contributed by atoms with Crippen molar-refractivity contribution in [2.24, 2.45) is 0 Å². The quantitative estimate of drug-likeness (QED) is 0.662. The number of halogens is 3. The maximum absolute atomic E-state index is 14.1. The summed E-state index contributed by atoms with van der Waals surface area (Å²) in [6.45, 7) is 1.80. The van der Waals surface area contributed by atoms with E-state index in [0.717, 1.165) is 5.56 Å². The number of carboxylic acid groups (broad SMARTS) is 1. The van der Waals surface area contributed by atoms with Gasteiger partial charge >= 0.3 is 5.97 Å². The van der Waals surface area contributed by atoms with Gasteiger partial charge in [-0.2, -0.15) is 0 Å². The summed E-state index contributed by atoms with van der Waals surface area (Å²) >= 11 is 13.8. The summed E-state index contributed by atoms with van der Waals surface area (Å²) < 4.78 is 39.4. The van der Waals surface area contributed by atoms with Gasteiger partial charge in [0.25, 0.3) is 0 Å². The highest BCUT2D eigenvalue weighted by molar-refractivity contribution is 8.00. The summed E-state index contributed by atoms with van der Waals surface area (Å²) in [6, 6.07) is 1.44. The Bertz CT molecular complexity index is 1040. The van der Waals surface area contributed by atoms with E-state index >= 15 is 0 Å². The minimum atomic E-state index is -3.15. The van der Waals surface area contributed by atoms with Gasteiger partial charge < -0.3 is 9.51 Å². The lowest BCUT2D eigenvalue weighted by Crippen LogP contribution is -2.34. The van der Waals surface area contributed by atoms with Gasteiger partial charge in [0.2, 0.25) is 0 Å². The molecule has 28 heavy (non-hydrogen) atoms. The molecule has 0 spiro atoms. The molecule has 5 nitrogen and oxygen atoms in total. The molecule has 10 heteroatoms. The van der Waals surface area contributed by atoms with Crippen molar-refractivity contribution in [2.45, 2.75) is 53.5 Å². The van der Waals surface area contributed by atoms with Crippen LogP contribution in [-0.4, -0.2) is 46.0 Å². The minimum Gasteiger partial charge on any atom is -0.481 e. The second-order valence-corrected chi connectivity index (χ2v) is 11.7. The Morgan fingerprint density at radius 3 is 2.68 bits per heavy atom. The third-order valence-corrected chi connectivity index (χ3v) is 9.31. The lowest BCUT2D eigenvalue weighted by atomic mass is 9.99. The van der Waals surface area contributed by atoms with Crippen LogP contribution in [-0.2, 0) is 21.1 Å². The van der Waals surface area contributed by atoms with Crippen LogP contribution in [0.25, 0.3) is 5.52 Å². The van der Waals surface area contributed by atoms with Crippen molar-refractivity contribution in [1.82, 2.24) is 4.40 Å². The molecule has 1 unspecified atom stereocenters. The highest BCUT2D eigenvalue weighted by Crippen LogP contribution is 2.42. The number of hydrogen-bond acceptors (Lipinski definition) is 4. The fourth-order valence-corrected chi connectivity index (χ4v) is 6.88. The van der Waals surface area contributed by atoms with Crippen molar-refractivity contribution in [3.63, 3.8) is 0 Å². The number of pyridine rings is 1. The number of thioether (sulfide) groups is 1. The van der Waals surface area contributed by atoms with E-state index in [4.69, 9.17) is 23.2 Å². The van der Waals surface area contributed by atoms with Crippen molar-refractivity contribution in [3.05, 3.63) is 34.2 Å². The summed E-state index contributed by atoms with van der Waals surface area (Å²) in [4.78, 5) is 11.3. The Morgan fingerprint density at radius 2 is 2.11 bits per heavy atom. The fourth-order valence-electron chi connectivity index (χ4n) is 3.64. The van der Waals surface area contributed by atoms with Crippen molar-refractivity contribution in [3.8, 4) is 0 Å². The smallest absolute Gasteiger partial charge is 0.307 e. The molecular weight excluding hydrogens is 448 g/mol. The number of aromatic nitrogens is 1. The summed E-state index contributed by atoms with van der Waals surface area (Å²) in [5.74, 6) is -1.59. The normalized spacial score (nSPS) is 23.2. The molecule has 0 aromatic carbocycles. The van der Waals surface area contributed by atoms with E-state index in [-0.39, 0.29) is 22.1 Å². The van der Waals surface area contributed by atoms with Crippen LogP contribution < -0.4 is 0 Å².